The van der Waals surface area contributed by atoms with Gasteiger partial charge in [-0.25, -0.2) is 9.97 Å². The Morgan fingerprint density at radius 2 is 1.65 bits per heavy atom. The Bertz CT molecular complexity index is 470. The molecule has 0 atom stereocenters. The number of aryl methyl sites for hydroxylation is 2. The smallest absolute Gasteiger partial charge is 0.326 e. The predicted molar refractivity (Wildman–Crippen MR) is 72.2 cm³/mol. The molecule has 0 saturated carbocycles. The van der Waals surface area contributed by atoms with Crippen LogP contribution < -0.4 is 0 Å². The summed E-state index contributed by atoms with van der Waals surface area (Å²) in [6, 6.07) is 1.64. The van der Waals surface area contributed by atoms with Crippen LogP contribution in [0.25, 0.3) is 0 Å². The Morgan fingerprint density at radius 1 is 1.10 bits per heavy atom. The minimum atomic E-state index is -1.15. The predicted octanol–water partition coefficient (Wildman–Crippen LogP) is 1.56. The number of esters is 2. The van der Waals surface area contributed by atoms with Crippen molar-refractivity contribution in [2.75, 3.05) is 13.2 Å². The fraction of sp³-hybridized carbons (Fsp3) is 0.571. The lowest BCUT2D eigenvalue weighted by atomic mass is 10.0. The summed E-state index contributed by atoms with van der Waals surface area (Å²) in [6.07, 6.45) is 0.689. The summed E-state index contributed by atoms with van der Waals surface area (Å²) in [5.74, 6) is -1.93. The van der Waals surface area contributed by atoms with Crippen molar-refractivity contribution in [3.8, 4) is 0 Å². The van der Waals surface area contributed by atoms with E-state index < -0.39 is 17.9 Å². The fourth-order valence-corrected chi connectivity index (χ4v) is 1.77. The average Bonchev–Trinajstić information content (AvgIpc) is 2.38. The number of carbonyl (C=O) groups is 2. The van der Waals surface area contributed by atoms with Crippen LogP contribution in [0.2, 0.25) is 0 Å². The number of nitrogens with zero attached hydrogens (tertiary/aromatic N) is 2. The van der Waals surface area contributed by atoms with Crippen LogP contribution >= 0.6 is 0 Å². The number of hydrogen-bond donors (Lipinski definition) is 0. The highest BCUT2D eigenvalue weighted by Gasteiger charge is 2.33. The first-order valence-electron chi connectivity index (χ1n) is 6.71. The van der Waals surface area contributed by atoms with Crippen LogP contribution in [0.1, 0.15) is 43.9 Å². The molecule has 1 rings (SSSR count). The Hall–Kier alpha value is -1.98. The van der Waals surface area contributed by atoms with Gasteiger partial charge in [0.15, 0.2) is 5.92 Å². The van der Waals surface area contributed by atoms with E-state index in [1.54, 1.807) is 26.8 Å². The third-order valence-electron chi connectivity index (χ3n) is 2.61. The molecule has 1 aromatic rings. The van der Waals surface area contributed by atoms with Crippen LogP contribution in [0.4, 0.5) is 0 Å². The van der Waals surface area contributed by atoms with Gasteiger partial charge in [0.05, 0.1) is 18.9 Å². The minimum absolute atomic E-state index is 0.194. The molecule has 0 aliphatic rings. The van der Waals surface area contributed by atoms with Gasteiger partial charge in [-0.15, -0.1) is 0 Å². The molecule has 1 aromatic heterocycles. The van der Waals surface area contributed by atoms with Gasteiger partial charge in [-0.2, -0.15) is 0 Å². The summed E-state index contributed by atoms with van der Waals surface area (Å²) in [4.78, 5) is 32.4. The normalized spacial score (nSPS) is 10.4. The minimum Gasteiger partial charge on any atom is -0.465 e. The van der Waals surface area contributed by atoms with Crippen molar-refractivity contribution in [2.45, 2.75) is 40.0 Å². The molecule has 110 valence electrons. The monoisotopic (exact) mass is 280 g/mol. The molecule has 0 spiro atoms. The third kappa shape index (κ3) is 4.01. The van der Waals surface area contributed by atoms with Crippen LogP contribution in [0.3, 0.4) is 0 Å². The molecule has 0 aliphatic carbocycles. The van der Waals surface area contributed by atoms with Crippen molar-refractivity contribution in [3.05, 3.63) is 23.3 Å². The zero-order valence-corrected chi connectivity index (χ0v) is 12.3. The molecule has 0 unspecified atom stereocenters. The lowest BCUT2D eigenvalue weighted by molar-refractivity contribution is -0.157. The van der Waals surface area contributed by atoms with Gasteiger partial charge < -0.3 is 9.47 Å². The van der Waals surface area contributed by atoms with E-state index in [-0.39, 0.29) is 13.2 Å². The molecule has 6 nitrogen and oxygen atoms in total. The van der Waals surface area contributed by atoms with Crippen molar-refractivity contribution < 1.29 is 19.1 Å². The van der Waals surface area contributed by atoms with Crippen LogP contribution in [0.5, 0.6) is 0 Å². The van der Waals surface area contributed by atoms with E-state index in [9.17, 15) is 9.59 Å². The number of carbonyl (C=O) groups excluding carboxylic acids is 2. The molecule has 0 saturated heterocycles. The maximum Gasteiger partial charge on any atom is 0.326 e. The van der Waals surface area contributed by atoms with Crippen LogP contribution in [0.15, 0.2) is 6.07 Å². The maximum absolute atomic E-state index is 12.0. The summed E-state index contributed by atoms with van der Waals surface area (Å²) in [6.45, 7) is 7.41. The van der Waals surface area contributed by atoms with E-state index in [0.717, 1.165) is 5.69 Å². The van der Waals surface area contributed by atoms with Crippen LogP contribution in [-0.4, -0.2) is 35.1 Å². The van der Waals surface area contributed by atoms with E-state index in [0.29, 0.717) is 17.9 Å². The highest BCUT2D eigenvalue weighted by atomic mass is 16.6. The second-order valence-corrected chi connectivity index (χ2v) is 4.12. The van der Waals surface area contributed by atoms with Gasteiger partial charge in [0.1, 0.15) is 5.82 Å². The first-order valence-corrected chi connectivity index (χ1v) is 6.71. The molecule has 0 fully saturated rings. The fourth-order valence-electron chi connectivity index (χ4n) is 1.77. The van der Waals surface area contributed by atoms with Gasteiger partial charge in [0, 0.05) is 5.69 Å². The molecule has 0 aliphatic heterocycles. The SMILES string of the molecule is CCOC(=O)C(C(=O)OCC)c1cc(CC)nc(C)n1. The molecule has 0 aromatic carbocycles. The Balaban J connectivity index is 3.18. The van der Waals surface area contributed by atoms with Crippen molar-refractivity contribution in [1.82, 2.24) is 9.97 Å². The van der Waals surface area contributed by atoms with E-state index >= 15 is 0 Å². The first-order chi connectivity index (χ1) is 9.53. The van der Waals surface area contributed by atoms with Crippen molar-refractivity contribution in [3.63, 3.8) is 0 Å². The number of ether oxygens (including phenoxy) is 2. The molecule has 20 heavy (non-hydrogen) atoms. The van der Waals surface area contributed by atoms with E-state index in [2.05, 4.69) is 9.97 Å². The number of aromatic nitrogens is 2. The van der Waals surface area contributed by atoms with Crippen molar-refractivity contribution in [1.29, 1.82) is 0 Å². The van der Waals surface area contributed by atoms with Gasteiger partial charge >= 0.3 is 11.9 Å². The molecule has 0 N–H and O–H groups in total. The molecule has 0 amide bonds. The number of rotatable bonds is 6. The summed E-state index contributed by atoms with van der Waals surface area (Å²) in [7, 11) is 0. The second-order valence-electron chi connectivity index (χ2n) is 4.12. The summed E-state index contributed by atoms with van der Waals surface area (Å²) >= 11 is 0. The number of hydrogen-bond acceptors (Lipinski definition) is 6. The van der Waals surface area contributed by atoms with Crippen molar-refractivity contribution in [2.24, 2.45) is 0 Å². The zero-order chi connectivity index (χ0) is 15.1. The molecule has 0 radical (unpaired) electrons. The largest absolute Gasteiger partial charge is 0.465 e. The van der Waals surface area contributed by atoms with Gasteiger partial charge in [0.25, 0.3) is 0 Å². The average molecular weight is 280 g/mol. The van der Waals surface area contributed by atoms with Crippen molar-refractivity contribution >= 4 is 11.9 Å². The lowest BCUT2D eigenvalue weighted by Crippen LogP contribution is -2.27. The first kappa shape index (κ1) is 16.1. The molecular weight excluding hydrogens is 260 g/mol. The van der Waals surface area contributed by atoms with E-state index in [1.165, 1.54) is 0 Å². The highest BCUT2D eigenvalue weighted by Crippen LogP contribution is 2.19. The van der Waals surface area contributed by atoms with E-state index in [1.807, 2.05) is 6.92 Å². The summed E-state index contributed by atoms with van der Waals surface area (Å²) in [5, 5.41) is 0. The van der Waals surface area contributed by atoms with E-state index in [4.69, 9.17) is 9.47 Å². The van der Waals surface area contributed by atoms with Gasteiger partial charge in [-0.05, 0) is 33.3 Å². The molecular formula is C14H20N2O4. The standard InChI is InChI=1S/C14H20N2O4/c1-5-10-8-11(16-9(4)15-10)12(13(17)19-6-2)14(18)20-7-3/h8,12H,5-7H2,1-4H3. The Morgan fingerprint density at radius 3 is 2.10 bits per heavy atom. The Labute approximate surface area is 118 Å². The second kappa shape index (κ2) is 7.57. The van der Waals surface area contributed by atoms with Crippen LogP contribution in [-0.2, 0) is 25.5 Å². The van der Waals surface area contributed by atoms with Gasteiger partial charge in [-0.3, -0.25) is 9.59 Å². The topological polar surface area (TPSA) is 78.4 Å². The van der Waals surface area contributed by atoms with Gasteiger partial charge in [-0.1, -0.05) is 6.92 Å². The molecule has 1 heterocycles. The summed E-state index contributed by atoms with van der Waals surface area (Å²) in [5.41, 5.74) is 1.09. The Kier molecular flexibility index (Phi) is 6.09. The highest BCUT2D eigenvalue weighted by molar-refractivity contribution is 6.00. The molecule has 0 bridgehead atoms. The lowest BCUT2D eigenvalue weighted by Gasteiger charge is -2.14. The van der Waals surface area contributed by atoms with Crippen LogP contribution in [0, 0.1) is 6.92 Å². The zero-order valence-electron chi connectivity index (χ0n) is 12.3. The maximum atomic E-state index is 12.0. The third-order valence-corrected chi connectivity index (χ3v) is 2.61. The molecule has 6 heteroatoms. The van der Waals surface area contributed by atoms with Gasteiger partial charge in [0.2, 0.25) is 0 Å². The summed E-state index contributed by atoms with van der Waals surface area (Å²) < 4.78 is 9.88. The quantitative estimate of drug-likeness (QED) is 0.581.